The van der Waals surface area contributed by atoms with Crippen molar-refractivity contribution in [3.63, 3.8) is 0 Å². The Morgan fingerprint density at radius 3 is 2.75 bits per heavy atom. The van der Waals surface area contributed by atoms with Crippen LogP contribution in [0.3, 0.4) is 0 Å². The van der Waals surface area contributed by atoms with Crippen LogP contribution in [-0.2, 0) is 6.54 Å². The first-order valence-electron chi connectivity index (χ1n) is 5.74. The van der Waals surface area contributed by atoms with Gasteiger partial charge in [0.25, 0.3) is 0 Å². The van der Waals surface area contributed by atoms with Crippen molar-refractivity contribution >= 4 is 11.9 Å². The van der Waals surface area contributed by atoms with Gasteiger partial charge in [0, 0.05) is 11.1 Å². The molecule has 0 aliphatic rings. The summed E-state index contributed by atoms with van der Waals surface area (Å²) in [6.45, 7) is 1.57. The van der Waals surface area contributed by atoms with Crippen molar-refractivity contribution in [3.05, 3.63) is 52.9 Å². The third-order valence-electron chi connectivity index (χ3n) is 2.93. The van der Waals surface area contributed by atoms with Crippen LogP contribution in [-0.4, -0.2) is 26.5 Å². The van der Waals surface area contributed by atoms with Crippen molar-refractivity contribution in [1.29, 1.82) is 0 Å². The Labute approximate surface area is 113 Å². The van der Waals surface area contributed by atoms with Crippen molar-refractivity contribution in [2.75, 3.05) is 0 Å². The summed E-state index contributed by atoms with van der Waals surface area (Å²) in [6.07, 6.45) is 1.20. The number of aromatic carboxylic acids is 1. The number of halogens is 1. The second-order valence-electron chi connectivity index (χ2n) is 4.25. The molecule has 1 aromatic heterocycles. The molecule has 0 radical (unpaired) electrons. The van der Waals surface area contributed by atoms with E-state index < -0.39 is 17.7 Å². The zero-order valence-corrected chi connectivity index (χ0v) is 10.6. The van der Waals surface area contributed by atoms with Gasteiger partial charge in [-0.25, -0.2) is 14.2 Å². The Bertz CT molecular complexity index is 694. The van der Waals surface area contributed by atoms with Crippen LogP contribution in [0.2, 0.25) is 0 Å². The van der Waals surface area contributed by atoms with Gasteiger partial charge in [-0.15, -0.1) is 0 Å². The molecule has 1 aromatic carbocycles. The van der Waals surface area contributed by atoms with Gasteiger partial charge in [-0.3, -0.25) is 4.79 Å². The van der Waals surface area contributed by atoms with E-state index in [1.807, 2.05) is 0 Å². The topological polar surface area (TPSA) is 98.2 Å². The van der Waals surface area contributed by atoms with E-state index in [1.54, 1.807) is 6.92 Å². The summed E-state index contributed by atoms with van der Waals surface area (Å²) in [5.74, 6) is -1.94. The molecule has 2 aromatic rings. The van der Waals surface area contributed by atoms with Crippen LogP contribution in [0.5, 0.6) is 0 Å². The maximum Gasteiger partial charge on any atom is 0.354 e. The molecule has 0 atom stereocenters. The molecule has 0 fully saturated rings. The molecule has 6 nitrogen and oxygen atoms in total. The summed E-state index contributed by atoms with van der Waals surface area (Å²) in [7, 11) is 0. The first-order chi connectivity index (χ1) is 9.40. The van der Waals surface area contributed by atoms with Gasteiger partial charge in [-0.2, -0.15) is 0 Å². The lowest BCUT2D eigenvalue weighted by molar-refractivity contribution is 0.0685. The molecule has 0 aliphatic heterocycles. The summed E-state index contributed by atoms with van der Waals surface area (Å²) in [6, 6.07) is 3.71. The number of carboxylic acids is 1. The number of nitrogens with two attached hydrogens (primary N) is 1. The van der Waals surface area contributed by atoms with E-state index in [9.17, 15) is 14.0 Å². The summed E-state index contributed by atoms with van der Waals surface area (Å²) in [5, 5.41) is 9.04. The van der Waals surface area contributed by atoms with Gasteiger partial charge in [-0.1, -0.05) is 0 Å². The quantitative estimate of drug-likeness (QED) is 0.876. The normalized spacial score (nSPS) is 10.5. The van der Waals surface area contributed by atoms with E-state index in [1.165, 1.54) is 22.9 Å². The van der Waals surface area contributed by atoms with Gasteiger partial charge in [0.05, 0.1) is 12.7 Å². The Hall–Kier alpha value is -2.70. The van der Waals surface area contributed by atoms with Gasteiger partial charge >= 0.3 is 5.97 Å². The maximum absolute atomic E-state index is 13.8. The molecule has 2 rings (SSSR count). The van der Waals surface area contributed by atoms with Crippen LogP contribution in [0.25, 0.3) is 0 Å². The van der Waals surface area contributed by atoms with E-state index >= 15 is 0 Å². The first-order valence-corrected chi connectivity index (χ1v) is 5.74. The standard InChI is InChI=1S/C13H12FN3O3/c1-7-16-5-11(13(19)20)17(7)6-9-4-8(12(15)18)2-3-10(9)14/h2-5H,6H2,1H3,(H2,15,18)(H,19,20). The minimum atomic E-state index is -1.16. The summed E-state index contributed by atoms with van der Waals surface area (Å²) < 4.78 is 15.1. The number of aromatic nitrogens is 2. The Morgan fingerprint density at radius 1 is 1.45 bits per heavy atom. The highest BCUT2D eigenvalue weighted by atomic mass is 19.1. The van der Waals surface area contributed by atoms with Crippen LogP contribution in [0.15, 0.2) is 24.4 Å². The SMILES string of the molecule is Cc1ncc(C(=O)O)n1Cc1cc(C(N)=O)ccc1F. The van der Waals surface area contributed by atoms with E-state index in [0.717, 1.165) is 6.07 Å². The van der Waals surface area contributed by atoms with Gasteiger partial charge in [0.15, 0.2) is 0 Å². The minimum absolute atomic E-state index is 0.0413. The molecule has 0 saturated heterocycles. The predicted molar refractivity (Wildman–Crippen MR) is 67.9 cm³/mol. The third-order valence-corrected chi connectivity index (χ3v) is 2.93. The molecule has 1 amide bonds. The van der Waals surface area contributed by atoms with Crippen molar-refractivity contribution < 1.29 is 19.1 Å². The number of benzene rings is 1. The minimum Gasteiger partial charge on any atom is -0.477 e. The van der Waals surface area contributed by atoms with Crippen LogP contribution in [0, 0.1) is 12.7 Å². The summed E-state index contributed by atoms with van der Waals surface area (Å²) >= 11 is 0. The molecule has 0 unspecified atom stereocenters. The highest BCUT2D eigenvalue weighted by molar-refractivity contribution is 5.92. The lowest BCUT2D eigenvalue weighted by atomic mass is 10.1. The number of imidazole rings is 1. The lowest BCUT2D eigenvalue weighted by Gasteiger charge is -2.10. The monoisotopic (exact) mass is 277 g/mol. The number of nitrogens with zero attached hydrogens (tertiary/aromatic N) is 2. The van der Waals surface area contributed by atoms with Gasteiger partial charge in [0.2, 0.25) is 5.91 Å². The van der Waals surface area contributed by atoms with Crippen molar-refractivity contribution in [2.24, 2.45) is 5.73 Å². The summed E-state index contributed by atoms with van der Waals surface area (Å²) in [4.78, 5) is 26.0. The molecular formula is C13H12FN3O3. The average Bonchev–Trinajstić information content (AvgIpc) is 2.73. The number of amides is 1. The number of hydrogen-bond acceptors (Lipinski definition) is 3. The van der Waals surface area contributed by atoms with Crippen LogP contribution in [0.4, 0.5) is 4.39 Å². The van der Waals surface area contributed by atoms with E-state index in [2.05, 4.69) is 4.98 Å². The molecule has 0 aliphatic carbocycles. The zero-order chi connectivity index (χ0) is 14.9. The lowest BCUT2D eigenvalue weighted by Crippen LogP contribution is -2.14. The molecule has 7 heteroatoms. The van der Waals surface area contributed by atoms with Crippen molar-refractivity contribution in [3.8, 4) is 0 Å². The molecule has 3 N–H and O–H groups in total. The fraction of sp³-hybridized carbons (Fsp3) is 0.154. The van der Waals surface area contributed by atoms with Crippen LogP contribution in [0.1, 0.15) is 32.2 Å². The third kappa shape index (κ3) is 2.51. The maximum atomic E-state index is 13.8. The molecule has 0 bridgehead atoms. The fourth-order valence-corrected chi connectivity index (χ4v) is 1.86. The van der Waals surface area contributed by atoms with E-state index in [4.69, 9.17) is 10.8 Å². The Balaban J connectivity index is 2.44. The van der Waals surface area contributed by atoms with Crippen LogP contribution < -0.4 is 5.73 Å². The molecule has 0 spiro atoms. The smallest absolute Gasteiger partial charge is 0.354 e. The van der Waals surface area contributed by atoms with Gasteiger partial charge in [0.1, 0.15) is 17.3 Å². The Morgan fingerprint density at radius 2 is 2.15 bits per heavy atom. The predicted octanol–water partition coefficient (Wildman–Crippen LogP) is 1.18. The number of aryl methyl sites for hydroxylation is 1. The number of carboxylic acid groups (broad SMARTS) is 1. The number of rotatable bonds is 4. The number of carbonyl (C=O) groups excluding carboxylic acids is 1. The molecule has 1 heterocycles. The van der Waals surface area contributed by atoms with E-state index in [-0.39, 0.29) is 23.4 Å². The average molecular weight is 277 g/mol. The summed E-state index contributed by atoms with van der Waals surface area (Å²) in [5.41, 5.74) is 5.42. The second kappa shape index (κ2) is 5.12. The van der Waals surface area contributed by atoms with Crippen molar-refractivity contribution in [2.45, 2.75) is 13.5 Å². The molecule has 20 heavy (non-hydrogen) atoms. The number of hydrogen-bond donors (Lipinski definition) is 2. The largest absolute Gasteiger partial charge is 0.477 e. The molecule has 104 valence electrons. The highest BCUT2D eigenvalue weighted by Crippen LogP contribution is 2.15. The fourth-order valence-electron chi connectivity index (χ4n) is 1.86. The Kier molecular flexibility index (Phi) is 3.51. The number of carbonyl (C=O) groups is 2. The first kappa shape index (κ1) is 13.7. The zero-order valence-electron chi connectivity index (χ0n) is 10.6. The molecule has 0 saturated carbocycles. The van der Waals surface area contributed by atoms with Crippen LogP contribution >= 0.6 is 0 Å². The van der Waals surface area contributed by atoms with E-state index in [0.29, 0.717) is 5.82 Å². The highest BCUT2D eigenvalue weighted by Gasteiger charge is 2.15. The molecular weight excluding hydrogens is 265 g/mol. The number of primary amides is 1. The van der Waals surface area contributed by atoms with Gasteiger partial charge in [-0.05, 0) is 25.1 Å². The van der Waals surface area contributed by atoms with Gasteiger partial charge < -0.3 is 15.4 Å². The van der Waals surface area contributed by atoms with Crippen molar-refractivity contribution in [1.82, 2.24) is 9.55 Å². The second-order valence-corrected chi connectivity index (χ2v) is 4.25.